The van der Waals surface area contributed by atoms with Crippen LogP contribution in [-0.2, 0) is 20.2 Å². The number of benzene rings is 6. The van der Waals surface area contributed by atoms with E-state index in [1.54, 1.807) is 36.4 Å². The minimum absolute atomic E-state index is 0.0524. The number of hydrogen-bond donors (Lipinski definition) is 4. The van der Waals surface area contributed by atoms with Gasteiger partial charge in [0, 0.05) is 22.7 Å². The lowest BCUT2D eigenvalue weighted by Crippen LogP contribution is -2.19. The predicted octanol–water partition coefficient (Wildman–Crippen LogP) is 8.79. The van der Waals surface area contributed by atoms with Crippen molar-refractivity contribution < 1.29 is 34.8 Å². The number of nitrogens with one attached hydrogen (secondary N) is 4. The van der Waals surface area contributed by atoms with E-state index < -0.39 is 32.3 Å². The van der Waals surface area contributed by atoms with E-state index in [9.17, 15) is 26.4 Å². The molecule has 14 heteroatoms. The van der Waals surface area contributed by atoms with Gasteiger partial charge in [-0.15, -0.1) is 0 Å². The molecule has 0 radical (unpaired) electrons. The average Bonchev–Trinajstić information content (AvgIpc) is 3.13. The molecule has 6 rings (SSSR count). The lowest BCUT2D eigenvalue weighted by Gasteiger charge is -2.11. The molecule has 0 aliphatic heterocycles. The summed E-state index contributed by atoms with van der Waals surface area (Å²) in [6, 6.07) is 37.4. The van der Waals surface area contributed by atoms with E-state index in [1.165, 1.54) is 72.8 Å². The monoisotopic (exact) mass is 762 g/mol. The van der Waals surface area contributed by atoms with Crippen molar-refractivity contribution in [1.29, 1.82) is 0 Å². The number of hydrogen-bond acceptors (Lipinski definition) is 8. The summed E-state index contributed by atoms with van der Waals surface area (Å²) in [5.41, 5.74) is 5.40. The molecule has 54 heavy (non-hydrogen) atoms. The van der Waals surface area contributed by atoms with Crippen molar-refractivity contribution >= 4 is 55.0 Å². The fourth-order valence-corrected chi connectivity index (χ4v) is 7.06. The van der Waals surface area contributed by atoms with Crippen LogP contribution in [0.5, 0.6) is 11.5 Å². The second-order valence-corrected chi connectivity index (χ2v) is 15.2. The van der Waals surface area contributed by atoms with E-state index in [-0.39, 0.29) is 21.3 Å². The molecule has 0 heterocycles. The van der Waals surface area contributed by atoms with Gasteiger partial charge in [0.2, 0.25) is 0 Å². The Balaban J connectivity index is 1.02. The molecule has 0 fully saturated rings. The molecule has 274 valence electrons. The summed E-state index contributed by atoms with van der Waals surface area (Å²) in [4.78, 5) is 24.5. The molecule has 0 saturated carbocycles. The molecule has 4 N–H and O–H groups in total. The minimum atomic E-state index is -4.19. The molecule has 0 bridgehead atoms. The zero-order valence-corrected chi connectivity index (χ0v) is 30.6. The SMILES string of the molecule is Cc1cccc(NC(=O)Nc2ccc(OS(=O)(=O)c3ccc(-c4ccc(S(=O)(=O)Oc5ccc(NC(=O)Nc6cccc(C)c6)cc5)cc4)cc3)cc2)c1. The molecule has 0 saturated heterocycles. The van der Waals surface area contributed by atoms with Gasteiger partial charge in [0.05, 0.1) is 0 Å². The van der Waals surface area contributed by atoms with Gasteiger partial charge in [0.25, 0.3) is 0 Å². The topological polar surface area (TPSA) is 169 Å². The summed E-state index contributed by atoms with van der Waals surface area (Å²) < 4.78 is 62.5. The highest BCUT2D eigenvalue weighted by Crippen LogP contribution is 2.27. The predicted molar refractivity (Wildman–Crippen MR) is 208 cm³/mol. The Morgan fingerprint density at radius 3 is 1.09 bits per heavy atom. The Morgan fingerprint density at radius 1 is 0.426 bits per heavy atom. The van der Waals surface area contributed by atoms with Crippen LogP contribution in [-0.4, -0.2) is 28.9 Å². The van der Waals surface area contributed by atoms with Crippen LogP contribution in [0.4, 0.5) is 32.3 Å². The Kier molecular flexibility index (Phi) is 11.0. The quantitative estimate of drug-likeness (QED) is 0.0950. The fourth-order valence-electron chi connectivity index (χ4n) is 5.20. The molecule has 6 aromatic rings. The molecule has 0 atom stereocenters. The fraction of sp³-hybridized carbons (Fsp3) is 0.0500. The van der Waals surface area contributed by atoms with Crippen molar-refractivity contribution in [3.05, 3.63) is 157 Å². The maximum absolute atomic E-state index is 13.0. The first-order valence-corrected chi connectivity index (χ1v) is 19.2. The van der Waals surface area contributed by atoms with E-state index in [0.29, 0.717) is 33.9 Å². The number of urea groups is 2. The van der Waals surface area contributed by atoms with Gasteiger partial charge in [-0.25, -0.2) is 9.59 Å². The second-order valence-electron chi connectivity index (χ2n) is 12.1. The Labute approximate surface area is 313 Å². The lowest BCUT2D eigenvalue weighted by molar-refractivity contribution is 0.261. The van der Waals surface area contributed by atoms with Crippen LogP contribution < -0.4 is 29.6 Å². The van der Waals surface area contributed by atoms with Gasteiger partial charge < -0.3 is 29.6 Å². The Morgan fingerprint density at radius 2 is 0.759 bits per heavy atom. The van der Waals surface area contributed by atoms with Crippen molar-refractivity contribution in [2.24, 2.45) is 0 Å². The van der Waals surface area contributed by atoms with Crippen molar-refractivity contribution in [1.82, 2.24) is 0 Å². The zero-order valence-electron chi connectivity index (χ0n) is 28.9. The first-order chi connectivity index (χ1) is 25.8. The van der Waals surface area contributed by atoms with Crippen LogP contribution in [0.15, 0.2) is 155 Å². The van der Waals surface area contributed by atoms with Crippen LogP contribution in [0.1, 0.15) is 11.1 Å². The summed E-state index contributed by atoms with van der Waals surface area (Å²) in [5, 5.41) is 10.8. The number of rotatable bonds is 11. The second kappa shape index (κ2) is 15.9. The third kappa shape index (κ3) is 9.82. The molecule has 6 aromatic carbocycles. The van der Waals surface area contributed by atoms with Crippen molar-refractivity contribution in [2.75, 3.05) is 21.3 Å². The maximum Gasteiger partial charge on any atom is 0.339 e. The first-order valence-electron chi connectivity index (χ1n) is 16.4. The van der Waals surface area contributed by atoms with E-state index in [0.717, 1.165) is 11.1 Å². The number of anilines is 4. The molecule has 4 amide bonds. The van der Waals surface area contributed by atoms with E-state index in [4.69, 9.17) is 8.37 Å². The third-order valence-electron chi connectivity index (χ3n) is 7.81. The molecule has 12 nitrogen and oxygen atoms in total. The lowest BCUT2D eigenvalue weighted by atomic mass is 10.1. The summed E-state index contributed by atoms with van der Waals surface area (Å²) in [5.74, 6) is 0.105. The third-order valence-corrected chi connectivity index (χ3v) is 10.3. The van der Waals surface area contributed by atoms with E-state index in [2.05, 4.69) is 21.3 Å². The highest BCUT2D eigenvalue weighted by Gasteiger charge is 2.19. The van der Waals surface area contributed by atoms with E-state index >= 15 is 0 Å². The highest BCUT2D eigenvalue weighted by atomic mass is 32.2. The van der Waals surface area contributed by atoms with Crippen LogP contribution in [0.2, 0.25) is 0 Å². The van der Waals surface area contributed by atoms with Crippen molar-refractivity contribution in [3.8, 4) is 22.6 Å². The number of carbonyl (C=O) groups is 2. The van der Waals surface area contributed by atoms with Gasteiger partial charge >= 0.3 is 32.3 Å². The van der Waals surface area contributed by atoms with Gasteiger partial charge in [-0.05, 0) is 133 Å². The van der Waals surface area contributed by atoms with Crippen LogP contribution in [0.3, 0.4) is 0 Å². The molecular formula is C40H34N4O8S2. The summed E-state index contributed by atoms with van der Waals surface area (Å²) in [6.07, 6.45) is 0. The number of aryl methyl sites for hydroxylation is 2. The minimum Gasteiger partial charge on any atom is -0.379 e. The number of carbonyl (C=O) groups excluding carboxylic acids is 2. The average molecular weight is 763 g/mol. The van der Waals surface area contributed by atoms with Gasteiger partial charge in [-0.3, -0.25) is 0 Å². The standard InChI is InChI=1S/C40H34N4O8S2/c1-27-5-3-7-33(25-27)43-39(45)41-31-13-17-35(18-14-31)51-53(47,48)37-21-9-29(10-22-37)30-11-23-38(24-12-30)54(49,50)52-36-19-15-32(16-20-36)42-40(46)44-34-8-4-6-28(2)26-34/h3-26H,1-2H3,(H2,41,43,45)(H2,42,44,46). The summed E-state index contributed by atoms with van der Waals surface area (Å²) >= 11 is 0. The van der Waals surface area contributed by atoms with Crippen molar-refractivity contribution in [3.63, 3.8) is 0 Å². The maximum atomic E-state index is 13.0. The van der Waals surface area contributed by atoms with Gasteiger partial charge in [-0.2, -0.15) is 16.8 Å². The molecule has 0 aliphatic carbocycles. The van der Waals surface area contributed by atoms with Crippen molar-refractivity contribution in [2.45, 2.75) is 23.6 Å². The molecular weight excluding hydrogens is 729 g/mol. The molecule has 0 spiro atoms. The summed E-state index contributed by atoms with van der Waals surface area (Å²) in [7, 11) is -8.38. The molecule has 0 aromatic heterocycles. The van der Waals surface area contributed by atoms with Gasteiger partial charge in [0.15, 0.2) is 0 Å². The summed E-state index contributed by atoms with van der Waals surface area (Å²) in [6.45, 7) is 3.83. The molecule has 0 aliphatic rings. The normalized spacial score (nSPS) is 11.2. The van der Waals surface area contributed by atoms with E-state index in [1.807, 2.05) is 50.2 Å². The van der Waals surface area contributed by atoms with Crippen LogP contribution >= 0.6 is 0 Å². The molecule has 0 unspecified atom stereocenters. The zero-order chi connectivity index (χ0) is 38.3. The number of amides is 4. The van der Waals surface area contributed by atoms with Gasteiger partial charge in [0.1, 0.15) is 21.3 Å². The van der Waals surface area contributed by atoms with Gasteiger partial charge in [-0.1, -0.05) is 48.5 Å². The van der Waals surface area contributed by atoms with Crippen LogP contribution in [0, 0.1) is 13.8 Å². The Bertz CT molecular complexity index is 2330. The highest BCUT2D eigenvalue weighted by molar-refractivity contribution is 7.87. The largest absolute Gasteiger partial charge is 0.379 e. The smallest absolute Gasteiger partial charge is 0.339 e. The Hall–Kier alpha value is -6.64. The van der Waals surface area contributed by atoms with Crippen LogP contribution in [0.25, 0.3) is 11.1 Å². The first kappa shape index (κ1) is 37.1.